The number of hydrogen-bond acceptors (Lipinski definition) is 5. The standard InChI is InChI=1S/C10H15N3O2/c1-15-9-2-3-13(6-9)10-5-11-4-8(7-14)12-10/h4-5,9,14H,2-3,6-7H2,1H3. The van der Waals surface area contributed by atoms with Crippen LogP contribution in [0.4, 0.5) is 5.82 Å². The molecule has 0 bridgehead atoms. The number of methoxy groups -OCH3 is 1. The maximum atomic E-state index is 8.96. The zero-order valence-electron chi connectivity index (χ0n) is 8.76. The molecule has 1 saturated heterocycles. The van der Waals surface area contributed by atoms with Crippen molar-refractivity contribution in [1.29, 1.82) is 0 Å². The Hall–Kier alpha value is -1.20. The predicted molar refractivity (Wildman–Crippen MR) is 55.6 cm³/mol. The quantitative estimate of drug-likeness (QED) is 0.770. The Morgan fingerprint density at radius 3 is 3.13 bits per heavy atom. The van der Waals surface area contributed by atoms with Crippen LogP contribution >= 0.6 is 0 Å². The lowest BCUT2D eigenvalue weighted by Gasteiger charge is -2.16. The molecule has 82 valence electrons. The molecular formula is C10H15N3O2. The highest BCUT2D eigenvalue weighted by molar-refractivity contribution is 5.37. The van der Waals surface area contributed by atoms with Crippen LogP contribution < -0.4 is 4.90 Å². The highest BCUT2D eigenvalue weighted by Gasteiger charge is 2.23. The third-order valence-corrected chi connectivity index (χ3v) is 2.64. The van der Waals surface area contributed by atoms with Gasteiger partial charge < -0.3 is 14.7 Å². The van der Waals surface area contributed by atoms with Gasteiger partial charge in [0.05, 0.1) is 30.8 Å². The Morgan fingerprint density at radius 1 is 1.60 bits per heavy atom. The second-order valence-corrected chi connectivity index (χ2v) is 3.62. The molecule has 1 unspecified atom stereocenters. The first-order valence-corrected chi connectivity index (χ1v) is 5.03. The molecule has 1 aromatic heterocycles. The van der Waals surface area contributed by atoms with Gasteiger partial charge >= 0.3 is 0 Å². The molecule has 1 aliphatic rings. The van der Waals surface area contributed by atoms with Crippen molar-refractivity contribution in [3.8, 4) is 0 Å². The number of rotatable bonds is 3. The number of ether oxygens (including phenoxy) is 1. The number of aliphatic hydroxyl groups is 1. The summed E-state index contributed by atoms with van der Waals surface area (Å²) in [5.41, 5.74) is 0.605. The summed E-state index contributed by atoms with van der Waals surface area (Å²) in [6, 6.07) is 0. The van der Waals surface area contributed by atoms with E-state index in [0.29, 0.717) is 5.69 Å². The molecule has 2 rings (SSSR count). The smallest absolute Gasteiger partial charge is 0.147 e. The van der Waals surface area contributed by atoms with Gasteiger partial charge in [0, 0.05) is 20.2 Å². The summed E-state index contributed by atoms with van der Waals surface area (Å²) in [7, 11) is 1.73. The largest absolute Gasteiger partial charge is 0.390 e. The molecule has 1 aromatic rings. The van der Waals surface area contributed by atoms with Gasteiger partial charge in [-0.1, -0.05) is 0 Å². The number of aromatic nitrogens is 2. The molecule has 0 aromatic carbocycles. The summed E-state index contributed by atoms with van der Waals surface area (Å²) in [4.78, 5) is 10.5. The van der Waals surface area contributed by atoms with Gasteiger partial charge in [0.1, 0.15) is 5.82 Å². The van der Waals surface area contributed by atoms with E-state index in [9.17, 15) is 0 Å². The molecule has 1 aliphatic heterocycles. The van der Waals surface area contributed by atoms with Crippen molar-refractivity contribution in [3.63, 3.8) is 0 Å². The maximum Gasteiger partial charge on any atom is 0.147 e. The Morgan fingerprint density at radius 2 is 2.47 bits per heavy atom. The summed E-state index contributed by atoms with van der Waals surface area (Å²) in [5, 5.41) is 8.96. The van der Waals surface area contributed by atoms with Crippen LogP contribution in [0.15, 0.2) is 12.4 Å². The fourth-order valence-corrected chi connectivity index (χ4v) is 1.75. The van der Waals surface area contributed by atoms with Gasteiger partial charge in [0.2, 0.25) is 0 Å². The van der Waals surface area contributed by atoms with Crippen molar-refractivity contribution in [2.24, 2.45) is 0 Å². The van der Waals surface area contributed by atoms with Gasteiger partial charge in [-0.2, -0.15) is 0 Å². The van der Waals surface area contributed by atoms with E-state index in [2.05, 4.69) is 14.9 Å². The first-order chi connectivity index (χ1) is 7.33. The van der Waals surface area contributed by atoms with Gasteiger partial charge in [-0.15, -0.1) is 0 Å². The van der Waals surface area contributed by atoms with Crippen molar-refractivity contribution in [3.05, 3.63) is 18.1 Å². The van der Waals surface area contributed by atoms with E-state index >= 15 is 0 Å². The SMILES string of the molecule is COC1CCN(c2cncc(CO)n2)C1. The Balaban J connectivity index is 2.09. The van der Waals surface area contributed by atoms with Gasteiger partial charge in [-0.05, 0) is 6.42 Å². The molecule has 15 heavy (non-hydrogen) atoms. The van der Waals surface area contributed by atoms with E-state index in [4.69, 9.17) is 9.84 Å². The van der Waals surface area contributed by atoms with Crippen LogP contribution in [-0.4, -0.2) is 41.4 Å². The third-order valence-electron chi connectivity index (χ3n) is 2.64. The Labute approximate surface area is 88.7 Å². The summed E-state index contributed by atoms with van der Waals surface area (Å²) in [6.07, 6.45) is 4.59. The normalized spacial score (nSPS) is 20.9. The monoisotopic (exact) mass is 209 g/mol. The third kappa shape index (κ3) is 2.24. The van der Waals surface area contributed by atoms with Crippen molar-refractivity contribution in [2.75, 3.05) is 25.1 Å². The van der Waals surface area contributed by atoms with Crippen LogP contribution in [0.5, 0.6) is 0 Å². The number of aliphatic hydroxyl groups excluding tert-OH is 1. The van der Waals surface area contributed by atoms with Crippen molar-refractivity contribution in [2.45, 2.75) is 19.1 Å². The molecule has 5 nitrogen and oxygen atoms in total. The second-order valence-electron chi connectivity index (χ2n) is 3.62. The van der Waals surface area contributed by atoms with E-state index in [-0.39, 0.29) is 12.7 Å². The van der Waals surface area contributed by atoms with Gasteiger partial charge in [0.25, 0.3) is 0 Å². The molecule has 0 amide bonds. The first kappa shape index (κ1) is 10.3. The summed E-state index contributed by atoms with van der Waals surface area (Å²) in [6.45, 7) is 1.71. The summed E-state index contributed by atoms with van der Waals surface area (Å²) >= 11 is 0. The highest BCUT2D eigenvalue weighted by Crippen LogP contribution is 2.18. The average Bonchev–Trinajstić information content (AvgIpc) is 2.78. The molecule has 0 radical (unpaired) electrons. The van der Waals surface area contributed by atoms with Crippen LogP contribution in [0, 0.1) is 0 Å². The predicted octanol–water partition coefficient (Wildman–Crippen LogP) is 0.194. The lowest BCUT2D eigenvalue weighted by Crippen LogP contribution is -2.23. The van der Waals surface area contributed by atoms with Crippen LogP contribution in [0.25, 0.3) is 0 Å². The van der Waals surface area contributed by atoms with E-state index in [0.717, 1.165) is 25.3 Å². The van der Waals surface area contributed by atoms with Gasteiger partial charge in [0.15, 0.2) is 0 Å². The van der Waals surface area contributed by atoms with Crippen LogP contribution in [0.3, 0.4) is 0 Å². The molecule has 5 heteroatoms. The zero-order valence-corrected chi connectivity index (χ0v) is 8.76. The van der Waals surface area contributed by atoms with Crippen molar-refractivity contribution >= 4 is 5.82 Å². The lowest BCUT2D eigenvalue weighted by atomic mass is 10.3. The zero-order chi connectivity index (χ0) is 10.7. The highest BCUT2D eigenvalue weighted by atomic mass is 16.5. The van der Waals surface area contributed by atoms with Crippen LogP contribution in [0.2, 0.25) is 0 Å². The number of hydrogen-bond donors (Lipinski definition) is 1. The van der Waals surface area contributed by atoms with Crippen LogP contribution in [0.1, 0.15) is 12.1 Å². The topological polar surface area (TPSA) is 58.5 Å². The maximum absolute atomic E-state index is 8.96. The molecule has 1 N–H and O–H groups in total. The van der Waals surface area contributed by atoms with Crippen LogP contribution in [-0.2, 0) is 11.3 Å². The summed E-state index contributed by atoms with van der Waals surface area (Å²) < 4.78 is 5.28. The van der Waals surface area contributed by atoms with Gasteiger partial charge in [-0.3, -0.25) is 4.98 Å². The number of anilines is 1. The van der Waals surface area contributed by atoms with E-state index < -0.39 is 0 Å². The second kappa shape index (κ2) is 4.55. The van der Waals surface area contributed by atoms with Crippen molar-refractivity contribution in [1.82, 2.24) is 9.97 Å². The Kier molecular flexibility index (Phi) is 3.13. The molecule has 1 fully saturated rings. The fraction of sp³-hybridized carbons (Fsp3) is 0.600. The van der Waals surface area contributed by atoms with E-state index in [1.54, 1.807) is 19.5 Å². The molecule has 1 atom stereocenters. The Bertz CT molecular complexity index is 332. The first-order valence-electron chi connectivity index (χ1n) is 5.03. The fourth-order valence-electron chi connectivity index (χ4n) is 1.75. The minimum absolute atomic E-state index is 0.0671. The lowest BCUT2D eigenvalue weighted by molar-refractivity contribution is 0.121. The molecule has 0 aliphatic carbocycles. The molecule has 0 saturated carbocycles. The molecular weight excluding hydrogens is 194 g/mol. The van der Waals surface area contributed by atoms with E-state index in [1.807, 2.05) is 0 Å². The van der Waals surface area contributed by atoms with Gasteiger partial charge in [-0.25, -0.2) is 4.98 Å². The van der Waals surface area contributed by atoms with E-state index in [1.165, 1.54) is 0 Å². The molecule has 2 heterocycles. The molecule has 0 spiro atoms. The average molecular weight is 209 g/mol. The minimum atomic E-state index is -0.0671. The number of nitrogens with zero attached hydrogens (tertiary/aromatic N) is 3. The summed E-state index contributed by atoms with van der Waals surface area (Å²) in [5.74, 6) is 0.820. The minimum Gasteiger partial charge on any atom is -0.390 e. The van der Waals surface area contributed by atoms with Crippen molar-refractivity contribution < 1.29 is 9.84 Å².